The van der Waals surface area contributed by atoms with Crippen LogP contribution < -0.4 is 11.1 Å². The Kier molecular flexibility index (Phi) is 3.31. The van der Waals surface area contributed by atoms with E-state index in [1.165, 1.54) is 0 Å². The molecule has 0 saturated carbocycles. The summed E-state index contributed by atoms with van der Waals surface area (Å²) in [6, 6.07) is 1.81. The molecule has 3 nitrogen and oxygen atoms in total. The van der Waals surface area contributed by atoms with E-state index >= 15 is 0 Å². The number of aromatic nitrogens is 1. The summed E-state index contributed by atoms with van der Waals surface area (Å²) in [7, 11) is 0. The average Bonchev–Trinajstić information content (AvgIpc) is 2.07. The number of anilines is 2. The van der Waals surface area contributed by atoms with Gasteiger partial charge in [0.2, 0.25) is 0 Å². The summed E-state index contributed by atoms with van der Waals surface area (Å²) in [6.45, 7) is 6.28. The van der Waals surface area contributed by atoms with Crippen molar-refractivity contribution in [1.82, 2.24) is 4.98 Å². The molecule has 0 amide bonds. The number of nitrogens with one attached hydrogen (secondary N) is 1. The Balaban J connectivity index is 2.68. The second-order valence-electron chi connectivity index (χ2n) is 2.80. The number of pyridine rings is 1. The highest BCUT2D eigenvalue weighted by Gasteiger charge is 1.97. The van der Waals surface area contributed by atoms with Crippen LogP contribution in [0.5, 0.6) is 0 Å². The maximum absolute atomic E-state index is 5.71. The van der Waals surface area contributed by atoms with Gasteiger partial charge in [-0.15, -0.1) is 0 Å². The Morgan fingerprint density at radius 2 is 2.46 bits per heavy atom. The van der Waals surface area contributed by atoms with Crippen molar-refractivity contribution in [3.05, 3.63) is 28.9 Å². The van der Waals surface area contributed by atoms with E-state index in [1.807, 2.05) is 13.0 Å². The van der Waals surface area contributed by atoms with Crippen molar-refractivity contribution in [3.63, 3.8) is 0 Å². The number of nitrogens with two attached hydrogens (primary N) is 1. The first-order valence-electron chi connectivity index (χ1n) is 3.89. The van der Waals surface area contributed by atoms with Crippen LogP contribution in [0.25, 0.3) is 0 Å². The van der Waals surface area contributed by atoms with Crippen LogP contribution in [-0.2, 0) is 0 Å². The van der Waals surface area contributed by atoms with Crippen LogP contribution >= 0.6 is 15.9 Å². The third-order valence-corrected chi connectivity index (χ3v) is 1.89. The summed E-state index contributed by atoms with van der Waals surface area (Å²) < 4.78 is 0.883. The van der Waals surface area contributed by atoms with Crippen LogP contribution in [0.15, 0.2) is 23.3 Å². The molecule has 0 atom stereocenters. The normalized spacial score (nSPS) is 9.69. The molecule has 0 aromatic carbocycles. The fourth-order valence-electron chi connectivity index (χ4n) is 0.822. The maximum Gasteiger partial charge on any atom is 0.128 e. The third kappa shape index (κ3) is 3.06. The smallest absolute Gasteiger partial charge is 0.128 e. The lowest BCUT2D eigenvalue weighted by atomic mass is 10.2. The maximum atomic E-state index is 5.71. The molecule has 0 bridgehead atoms. The topological polar surface area (TPSA) is 50.9 Å². The molecule has 0 radical (unpaired) electrons. The summed E-state index contributed by atoms with van der Waals surface area (Å²) in [6.07, 6.45) is 1.74. The summed E-state index contributed by atoms with van der Waals surface area (Å²) in [5, 5.41) is 3.07. The van der Waals surface area contributed by atoms with Gasteiger partial charge in [0.15, 0.2) is 0 Å². The quantitative estimate of drug-likeness (QED) is 0.854. The molecule has 70 valence electrons. The number of rotatable bonds is 3. The van der Waals surface area contributed by atoms with E-state index in [4.69, 9.17) is 5.73 Å². The number of nitrogen functional groups attached to an aromatic ring is 1. The van der Waals surface area contributed by atoms with Crippen LogP contribution in [0.1, 0.15) is 5.56 Å². The highest BCUT2D eigenvalue weighted by molar-refractivity contribution is 9.11. The molecule has 0 aliphatic heterocycles. The van der Waals surface area contributed by atoms with Crippen molar-refractivity contribution >= 4 is 27.4 Å². The van der Waals surface area contributed by atoms with Gasteiger partial charge in [0.05, 0.1) is 0 Å². The molecule has 1 aromatic heterocycles. The Bertz CT molecular complexity index is 323. The zero-order valence-corrected chi connectivity index (χ0v) is 9.06. The van der Waals surface area contributed by atoms with Crippen LogP contribution in [0.2, 0.25) is 0 Å². The Hall–Kier alpha value is -1.03. The molecule has 13 heavy (non-hydrogen) atoms. The molecule has 0 unspecified atom stereocenters. The second-order valence-corrected chi connectivity index (χ2v) is 3.92. The summed E-state index contributed by atoms with van der Waals surface area (Å²) in [5.74, 6) is 0.767. The van der Waals surface area contributed by atoms with E-state index < -0.39 is 0 Å². The van der Waals surface area contributed by atoms with Gasteiger partial charge >= 0.3 is 0 Å². The van der Waals surface area contributed by atoms with Crippen molar-refractivity contribution in [2.24, 2.45) is 0 Å². The highest BCUT2D eigenvalue weighted by atomic mass is 79.9. The van der Waals surface area contributed by atoms with E-state index in [0.717, 1.165) is 21.6 Å². The fraction of sp³-hybridized carbons (Fsp3) is 0.222. The van der Waals surface area contributed by atoms with Crippen molar-refractivity contribution in [2.45, 2.75) is 6.92 Å². The van der Waals surface area contributed by atoms with Gasteiger partial charge in [0, 0.05) is 29.0 Å². The van der Waals surface area contributed by atoms with E-state index in [2.05, 4.69) is 32.8 Å². The first-order chi connectivity index (χ1) is 6.09. The van der Waals surface area contributed by atoms with Gasteiger partial charge in [-0.2, -0.15) is 0 Å². The summed E-state index contributed by atoms with van der Waals surface area (Å²) >= 11 is 3.25. The lowest BCUT2D eigenvalue weighted by Gasteiger charge is -2.06. The van der Waals surface area contributed by atoms with Crippen LogP contribution in [0.3, 0.4) is 0 Å². The van der Waals surface area contributed by atoms with Gasteiger partial charge in [-0.05, 0) is 12.5 Å². The van der Waals surface area contributed by atoms with Gasteiger partial charge in [-0.25, -0.2) is 4.98 Å². The monoisotopic (exact) mass is 241 g/mol. The minimum atomic E-state index is 0.648. The zero-order chi connectivity index (χ0) is 9.84. The van der Waals surface area contributed by atoms with E-state index in [1.54, 1.807) is 6.20 Å². The first kappa shape index (κ1) is 10.1. The molecule has 0 fully saturated rings. The van der Waals surface area contributed by atoms with E-state index in [-0.39, 0.29) is 0 Å². The number of halogens is 1. The Labute approximate surface area is 86.2 Å². The summed E-state index contributed by atoms with van der Waals surface area (Å²) in [5.41, 5.74) is 7.45. The first-order valence-corrected chi connectivity index (χ1v) is 4.68. The predicted molar refractivity (Wildman–Crippen MR) is 59.9 cm³/mol. The minimum absolute atomic E-state index is 0.648. The molecule has 0 spiro atoms. The molecular formula is C9H12BrN3. The molecule has 3 N–H and O–H groups in total. The number of aryl methyl sites for hydroxylation is 1. The lowest BCUT2D eigenvalue weighted by molar-refractivity contribution is 1.20. The largest absolute Gasteiger partial charge is 0.398 e. The highest BCUT2D eigenvalue weighted by Crippen LogP contribution is 2.14. The molecule has 0 saturated heterocycles. The van der Waals surface area contributed by atoms with Crippen molar-refractivity contribution in [3.8, 4) is 0 Å². The van der Waals surface area contributed by atoms with Crippen molar-refractivity contribution in [2.75, 3.05) is 17.6 Å². The van der Waals surface area contributed by atoms with Gasteiger partial charge in [-0.1, -0.05) is 22.5 Å². The average molecular weight is 242 g/mol. The minimum Gasteiger partial charge on any atom is -0.398 e. The van der Waals surface area contributed by atoms with Gasteiger partial charge < -0.3 is 11.1 Å². The van der Waals surface area contributed by atoms with E-state index in [9.17, 15) is 0 Å². The molecule has 1 aromatic rings. The molecule has 0 aliphatic carbocycles. The lowest BCUT2D eigenvalue weighted by Crippen LogP contribution is -2.03. The second kappa shape index (κ2) is 4.28. The zero-order valence-electron chi connectivity index (χ0n) is 7.47. The van der Waals surface area contributed by atoms with Gasteiger partial charge in [-0.3, -0.25) is 0 Å². The Morgan fingerprint density at radius 3 is 3.00 bits per heavy atom. The number of nitrogens with zero attached hydrogens (tertiary/aromatic N) is 1. The van der Waals surface area contributed by atoms with Gasteiger partial charge in [0.25, 0.3) is 0 Å². The fourth-order valence-corrected chi connectivity index (χ4v) is 0.963. The SMILES string of the molecule is C=C(Br)CNc1cc(N)c(C)cn1. The molecule has 1 rings (SSSR count). The standard InChI is InChI=1S/C9H12BrN3/c1-6-4-12-9(3-8(6)11)13-5-7(2)10/h3-4H,2,5H2,1H3,(H3,11,12,13). The van der Waals surface area contributed by atoms with Crippen molar-refractivity contribution in [1.29, 1.82) is 0 Å². The van der Waals surface area contributed by atoms with Gasteiger partial charge in [0.1, 0.15) is 5.82 Å². The molecule has 4 heteroatoms. The van der Waals surface area contributed by atoms with Crippen LogP contribution in [0.4, 0.5) is 11.5 Å². The third-order valence-electron chi connectivity index (χ3n) is 1.61. The number of hydrogen-bond donors (Lipinski definition) is 2. The summed E-state index contributed by atoms with van der Waals surface area (Å²) in [4.78, 5) is 4.16. The van der Waals surface area contributed by atoms with Crippen molar-refractivity contribution < 1.29 is 0 Å². The van der Waals surface area contributed by atoms with E-state index in [0.29, 0.717) is 6.54 Å². The predicted octanol–water partition coefficient (Wildman–Crippen LogP) is 2.29. The number of hydrogen-bond acceptors (Lipinski definition) is 3. The molecular weight excluding hydrogens is 230 g/mol. The molecule has 1 heterocycles. The van der Waals surface area contributed by atoms with Crippen LogP contribution in [0, 0.1) is 6.92 Å². The molecule has 0 aliphatic rings. The Morgan fingerprint density at radius 1 is 1.77 bits per heavy atom. The van der Waals surface area contributed by atoms with Crippen LogP contribution in [-0.4, -0.2) is 11.5 Å².